The monoisotopic (exact) mass is 365 g/mol. The summed E-state index contributed by atoms with van der Waals surface area (Å²) in [6.45, 7) is 3.07. The second kappa shape index (κ2) is 6.66. The predicted octanol–water partition coefficient (Wildman–Crippen LogP) is 1.50. The molecule has 1 unspecified atom stereocenters. The number of halogens is 1. The molecule has 112 valence electrons. The summed E-state index contributed by atoms with van der Waals surface area (Å²) in [6, 6.07) is 2.03. The first kappa shape index (κ1) is 17.1. The number of carboxylic acid groups (broad SMARTS) is 1. The molecule has 0 amide bonds. The summed E-state index contributed by atoms with van der Waals surface area (Å²) in [5, 5.41) is 17.8. The van der Waals surface area contributed by atoms with Crippen molar-refractivity contribution in [3.63, 3.8) is 0 Å². The van der Waals surface area contributed by atoms with Crippen LogP contribution in [0.5, 0.6) is 0 Å². The van der Waals surface area contributed by atoms with Gasteiger partial charge in [-0.05, 0) is 38.0 Å². The zero-order chi connectivity index (χ0) is 15.5. The summed E-state index contributed by atoms with van der Waals surface area (Å²) in [7, 11) is -3.85. The van der Waals surface area contributed by atoms with E-state index >= 15 is 0 Å². The van der Waals surface area contributed by atoms with Crippen molar-refractivity contribution in [2.75, 3.05) is 6.61 Å². The van der Waals surface area contributed by atoms with Gasteiger partial charge in [-0.25, -0.2) is 17.9 Å². The van der Waals surface area contributed by atoms with Crippen molar-refractivity contribution in [3.8, 4) is 0 Å². The number of aromatic carboxylic acids is 1. The van der Waals surface area contributed by atoms with Crippen LogP contribution in [0.4, 0.5) is 0 Å². The Morgan fingerprint density at radius 3 is 2.55 bits per heavy atom. The summed E-state index contributed by atoms with van der Waals surface area (Å²) in [5.74, 6) is -1.20. The SMILES string of the molecule is Cc1c(Br)cc(C(=O)O)cc1S(=O)(=O)NC(C)CCO. The van der Waals surface area contributed by atoms with Gasteiger partial charge in [-0.2, -0.15) is 0 Å². The number of nitrogens with one attached hydrogen (secondary N) is 1. The molecule has 3 N–H and O–H groups in total. The van der Waals surface area contributed by atoms with Gasteiger partial charge in [-0.3, -0.25) is 0 Å². The van der Waals surface area contributed by atoms with Crippen molar-refractivity contribution < 1.29 is 23.4 Å². The van der Waals surface area contributed by atoms with Crippen molar-refractivity contribution >= 4 is 31.9 Å². The molecule has 0 spiro atoms. The van der Waals surface area contributed by atoms with Crippen molar-refractivity contribution in [3.05, 3.63) is 27.7 Å². The minimum Gasteiger partial charge on any atom is -0.478 e. The zero-order valence-corrected chi connectivity index (χ0v) is 13.5. The maximum Gasteiger partial charge on any atom is 0.335 e. The molecule has 0 radical (unpaired) electrons. The molecule has 0 fully saturated rings. The van der Waals surface area contributed by atoms with Crippen LogP contribution in [-0.2, 0) is 10.0 Å². The van der Waals surface area contributed by atoms with Gasteiger partial charge in [0.05, 0.1) is 10.5 Å². The number of hydrogen-bond acceptors (Lipinski definition) is 4. The van der Waals surface area contributed by atoms with Crippen LogP contribution >= 0.6 is 15.9 Å². The molecule has 0 aliphatic carbocycles. The van der Waals surface area contributed by atoms with E-state index in [0.717, 1.165) is 6.07 Å². The van der Waals surface area contributed by atoms with E-state index in [1.807, 2.05) is 0 Å². The number of carboxylic acids is 1. The lowest BCUT2D eigenvalue weighted by Gasteiger charge is -2.15. The van der Waals surface area contributed by atoms with Crippen LogP contribution < -0.4 is 4.72 Å². The second-order valence-electron chi connectivity index (χ2n) is 4.42. The zero-order valence-electron chi connectivity index (χ0n) is 11.1. The lowest BCUT2D eigenvalue weighted by atomic mass is 10.1. The van der Waals surface area contributed by atoms with Crippen LogP contribution in [0.1, 0.15) is 29.3 Å². The number of sulfonamides is 1. The quantitative estimate of drug-likeness (QED) is 0.708. The van der Waals surface area contributed by atoms with Crippen LogP contribution in [0.25, 0.3) is 0 Å². The third-order valence-corrected chi connectivity index (χ3v) is 5.29. The predicted molar refractivity (Wildman–Crippen MR) is 77.3 cm³/mol. The van der Waals surface area contributed by atoms with Gasteiger partial charge in [-0.15, -0.1) is 0 Å². The Balaban J connectivity index is 3.27. The fraction of sp³-hybridized carbons (Fsp3) is 0.417. The van der Waals surface area contributed by atoms with Gasteiger partial charge in [0, 0.05) is 17.1 Å². The van der Waals surface area contributed by atoms with Crippen LogP contribution in [-0.4, -0.2) is 37.2 Å². The Bertz CT molecular complexity index is 615. The molecule has 20 heavy (non-hydrogen) atoms. The third-order valence-electron chi connectivity index (χ3n) is 2.75. The largest absolute Gasteiger partial charge is 0.478 e. The van der Waals surface area contributed by atoms with E-state index in [0.29, 0.717) is 10.0 Å². The molecule has 1 aromatic rings. The van der Waals surface area contributed by atoms with Crippen molar-refractivity contribution in [1.29, 1.82) is 0 Å². The molecule has 6 nitrogen and oxygen atoms in total. The van der Waals surface area contributed by atoms with Crippen LogP contribution in [0.3, 0.4) is 0 Å². The highest BCUT2D eigenvalue weighted by molar-refractivity contribution is 9.10. The number of aliphatic hydroxyl groups excluding tert-OH is 1. The Labute approximate surface area is 126 Å². The molecule has 1 atom stereocenters. The second-order valence-corrected chi connectivity index (χ2v) is 6.96. The van der Waals surface area contributed by atoms with Crippen LogP contribution in [0, 0.1) is 6.92 Å². The standard InChI is InChI=1S/C12H16BrNO5S/c1-7(3-4-15)14-20(18,19)11-6-9(12(16)17)5-10(13)8(11)2/h5-7,14-15H,3-4H2,1-2H3,(H,16,17). The normalized spacial score (nSPS) is 13.2. The van der Waals surface area contributed by atoms with Gasteiger partial charge >= 0.3 is 5.97 Å². The minimum absolute atomic E-state index is 0.0888. The molecule has 0 saturated carbocycles. The molecule has 0 aliphatic rings. The topological polar surface area (TPSA) is 104 Å². The molecule has 1 aromatic carbocycles. The average molecular weight is 366 g/mol. The Morgan fingerprint density at radius 2 is 2.05 bits per heavy atom. The Hall–Kier alpha value is -0.960. The van der Waals surface area contributed by atoms with E-state index in [1.165, 1.54) is 6.07 Å². The van der Waals surface area contributed by atoms with E-state index in [9.17, 15) is 13.2 Å². The van der Waals surface area contributed by atoms with E-state index in [4.69, 9.17) is 10.2 Å². The number of aliphatic hydroxyl groups is 1. The van der Waals surface area contributed by atoms with Gasteiger partial charge in [0.1, 0.15) is 0 Å². The van der Waals surface area contributed by atoms with E-state index in [1.54, 1.807) is 13.8 Å². The van der Waals surface area contributed by atoms with Crippen molar-refractivity contribution in [2.24, 2.45) is 0 Å². The molecule has 0 saturated heterocycles. The highest BCUT2D eigenvalue weighted by Gasteiger charge is 2.22. The molecule has 0 aliphatic heterocycles. The van der Waals surface area contributed by atoms with Gasteiger partial charge in [-0.1, -0.05) is 15.9 Å². The Kier molecular flexibility index (Phi) is 5.69. The maximum atomic E-state index is 12.3. The number of hydrogen-bond donors (Lipinski definition) is 3. The lowest BCUT2D eigenvalue weighted by Crippen LogP contribution is -2.33. The smallest absolute Gasteiger partial charge is 0.335 e. The molecule has 0 aromatic heterocycles. The average Bonchev–Trinajstić information content (AvgIpc) is 2.31. The molecule has 0 bridgehead atoms. The molecule has 1 rings (SSSR count). The minimum atomic E-state index is -3.85. The fourth-order valence-corrected chi connectivity index (χ4v) is 3.80. The molecular formula is C12H16BrNO5S. The van der Waals surface area contributed by atoms with E-state index in [2.05, 4.69) is 20.7 Å². The third kappa shape index (κ3) is 4.02. The summed E-state index contributed by atoms with van der Waals surface area (Å²) in [6.07, 6.45) is 0.276. The number of benzene rings is 1. The van der Waals surface area contributed by atoms with Crippen molar-refractivity contribution in [1.82, 2.24) is 4.72 Å². The Morgan fingerprint density at radius 1 is 1.45 bits per heavy atom. The van der Waals surface area contributed by atoms with Gasteiger partial charge < -0.3 is 10.2 Å². The fourth-order valence-electron chi connectivity index (χ4n) is 1.64. The molecule has 8 heteroatoms. The van der Waals surface area contributed by atoms with Gasteiger partial charge in [0.2, 0.25) is 10.0 Å². The maximum absolute atomic E-state index is 12.3. The van der Waals surface area contributed by atoms with E-state index in [-0.39, 0.29) is 23.5 Å². The number of rotatable bonds is 6. The highest BCUT2D eigenvalue weighted by Crippen LogP contribution is 2.26. The summed E-state index contributed by atoms with van der Waals surface area (Å²) < 4.78 is 27.3. The van der Waals surface area contributed by atoms with Gasteiger partial charge in [0.25, 0.3) is 0 Å². The summed E-state index contributed by atoms with van der Waals surface area (Å²) in [4.78, 5) is 10.9. The first-order valence-electron chi connectivity index (χ1n) is 5.85. The van der Waals surface area contributed by atoms with Gasteiger partial charge in [0.15, 0.2) is 0 Å². The molecular weight excluding hydrogens is 350 g/mol. The number of carbonyl (C=O) groups is 1. The highest BCUT2D eigenvalue weighted by atomic mass is 79.9. The van der Waals surface area contributed by atoms with Crippen molar-refractivity contribution in [2.45, 2.75) is 31.2 Å². The first-order chi connectivity index (χ1) is 9.19. The molecule has 0 heterocycles. The summed E-state index contributed by atoms with van der Waals surface area (Å²) in [5.41, 5.74) is 0.316. The van der Waals surface area contributed by atoms with E-state index < -0.39 is 22.0 Å². The van der Waals surface area contributed by atoms with Crippen LogP contribution in [0.2, 0.25) is 0 Å². The first-order valence-corrected chi connectivity index (χ1v) is 8.13. The lowest BCUT2D eigenvalue weighted by molar-refractivity contribution is 0.0696. The van der Waals surface area contributed by atoms with Crippen LogP contribution in [0.15, 0.2) is 21.5 Å². The summed E-state index contributed by atoms with van der Waals surface area (Å²) >= 11 is 3.16.